The molecule has 3 aromatic carbocycles. The number of benzene rings is 3. The van der Waals surface area contributed by atoms with Crippen LogP contribution in [0.2, 0.25) is 0 Å². The van der Waals surface area contributed by atoms with Crippen molar-refractivity contribution < 1.29 is 28.2 Å². The van der Waals surface area contributed by atoms with Crippen LogP contribution in [0.1, 0.15) is 15.9 Å². The molecule has 31 heavy (non-hydrogen) atoms. The van der Waals surface area contributed by atoms with E-state index in [9.17, 15) is 14.0 Å². The number of hydrogen-bond acceptors (Lipinski definition) is 5. The number of halogens is 1. The molecule has 0 fully saturated rings. The zero-order valence-electron chi connectivity index (χ0n) is 16.5. The van der Waals surface area contributed by atoms with Gasteiger partial charge in [-0.3, -0.25) is 9.59 Å². The van der Waals surface area contributed by atoms with Crippen LogP contribution >= 0.6 is 0 Å². The largest absolute Gasteiger partial charge is 0.486 e. The van der Waals surface area contributed by atoms with Gasteiger partial charge in [0.15, 0.2) is 23.9 Å². The zero-order chi connectivity index (χ0) is 21.6. The third-order valence-corrected chi connectivity index (χ3v) is 4.69. The number of nitrogens with one attached hydrogen (secondary N) is 1. The van der Waals surface area contributed by atoms with Crippen molar-refractivity contribution >= 4 is 11.7 Å². The van der Waals surface area contributed by atoms with Crippen LogP contribution in [0.5, 0.6) is 17.2 Å². The van der Waals surface area contributed by atoms with E-state index in [1.54, 1.807) is 24.3 Å². The third kappa shape index (κ3) is 5.19. The molecule has 0 radical (unpaired) electrons. The summed E-state index contributed by atoms with van der Waals surface area (Å²) in [6, 6.07) is 19.2. The first-order valence-electron chi connectivity index (χ1n) is 9.77. The number of ketones is 1. The Hall–Kier alpha value is -3.87. The molecule has 1 unspecified atom stereocenters. The summed E-state index contributed by atoms with van der Waals surface area (Å²) >= 11 is 0. The zero-order valence-corrected chi connectivity index (χ0v) is 16.5. The van der Waals surface area contributed by atoms with Crippen molar-refractivity contribution in [1.29, 1.82) is 0 Å². The highest BCUT2D eigenvalue weighted by atomic mass is 19.1. The van der Waals surface area contributed by atoms with E-state index in [0.717, 1.165) is 0 Å². The molecule has 3 aromatic rings. The van der Waals surface area contributed by atoms with Gasteiger partial charge in [-0.1, -0.05) is 12.1 Å². The highest BCUT2D eigenvalue weighted by Gasteiger charge is 2.21. The van der Waals surface area contributed by atoms with Gasteiger partial charge < -0.3 is 19.5 Å². The Kier molecular flexibility index (Phi) is 6.12. The average molecular weight is 421 g/mol. The Bertz CT molecular complexity index is 1070. The summed E-state index contributed by atoms with van der Waals surface area (Å²) in [5.41, 5.74) is 0.837. The molecule has 1 heterocycles. The number of hydrogen-bond donors (Lipinski definition) is 1. The fourth-order valence-corrected chi connectivity index (χ4v) is 3.06. The van der Waals surface area contributed by atoms with E-state index >= 15 is 0 Å². The molecule has 0 aliphatic carbocycles. The standard InChI is InChI=1S/C24H20FNO5/c25-18-9-5-16(6-10-18)24(28)17-7-11-19(12-8-17)29-15-23(27)26-13-20-14-30-21-3-1-2-4-22(21)31-20/h1-12,20H,13-15H2,(H,26,27). The summed E-state index contributed by atoms with van der Waals surface area (Å²) in [6.07, 6.45) is -0.282. The average Bonchev–Trinajstić information content (AvgIpc) is 2.81. The molecule has 0 aromatic heterocycles. The van der Waals surface area contributed by atoms with Crippen LogP contribution in [-0.2, 0) is 4.79 Å². The highest BCUT2D eigenvalue weighted by Crippen LogP contribution is 2.30. The molecule has 4 rings (SSSR count). The second-order valence-corrected chi connectivity index (χ2v) is 6.95. The molecule has 0 bridgehead atoms. The minimum atomic E-state index is -0.397. The fourth-order valence-electron chi connectivity index (χ4n) is 3.06. The molecule has 1 aliphatic rings. The van der Waals surface area contributed by atoms with Crippen molar-refractivity contribution in [3.63, 3.8) is 0 Å². The number of carbonyl (C=O) groups is 2. The van der Waals surface area contributed by atoms with Crippen molar-refractivity contribution in [3.8, 4) is 17.2 Å². The topological polar surface area (TPSA) is 73.9 Å². The van der Waals surface area contributed by atoms with Gasteiger partial charge >= 0.3 is 0 Å². The normalized spacial score (nSPS) is 14.5. The fraction of sp³-hybridized carbons (Fsp3) is 0.167. The number of ether oxygens (including phenoxy) is 3. The highest BCUT2D eigenvalue weighted by molar-refractivity contribution is 6.09. The number of fused-ring (bicyclic) bond motifs is 1. The van der Waals surface area contributed by atoms with E-state index in [0.29, 0.717) is 41.5 Å². The van der Waals surface area contributed by atoms with Crippen LogP contribution in [0.25, 0.3) is 0 Å². The van der Waals surface area contributed by atoms with E-state index in [-0.39, 0.29) is 24.4 Å². The number of para-hydroxylation sites is 2. The Morgan fingerprint density at radius 2 is 1.58 bits per heavy atom. The van der Waals surface area contributed by atoms with Crippen molar-refractivity contribution in [2.45, 2.75) is 6.10 Å². The molecule has 1 N–H and O–H groups in total. The van der Waals surface area contributed by atoms with E-state index < -0.39 is 5.82 Å². The lowest BCUT2D eigenvalue weighted by Crippen LogP contribution is -2.42. The van der Waals surface area contributed by atoms with Crippen LogP contribution in [-0.4, -0.2) is 37.6 Å². The van der Waals surface area contributed by atoms with Gasteiger partial charge in [0.05, 0.1) is 6.54 Å². The van der Waals surface area contributed by atoms with Gasteiger partial charge in [0.25, 0.3) is 5.91 Å². The maximum Gasteiger partial charge on any atom is 0.258 e. The first kappa shape index (κ1) is 20.4. The second-order valence-electron chi connectivity index (χ2n) is 6.95. The van der Waals surface area contributed by atoms with Gasteiger partial charge in [-0.15, -0.1) is 0 Å². The van der Waals surface area contributed by atoms with Crippen LogP contribution in [0.3, 0.4) is 0 Å². The molecule has 0 saturated carbocycles. The monoisotopic (exact) mass is 421 g/mol. The van der Waals surface area contributed by atoms with Crippen molar-refractivity contribution in [2.24, 2.45) is 0 Å². The predicted octanol–water partition coefficient (Wildman–Crippen LogP) is 3.39. The minimum absolute atomic E-state index is 0.171. The van der Waals surface area contributed by atoms with Gasteiger partial charge in [0.2, 0.25) is 0 Å². The lowest BCUT2D eigenvalue weighted by Gasteiger charge is -2.26. The van der Waals surface area contributed by atoms with Gasteiger partial charge in [-0.25, -0.2) is 4.39 Å². The second kappa shape index (κ2) is 9.30. The molecule has 1 aliphatic heterocycles. The van der Waals surface area contributed by atoms with Crippen molar-refractivity contribution in [3.05, 3.63) is 89.7 Å². The van der Waals surface area contributed by atoms with E-state index in [4.69, 9.17) is 14.2 Å². The van der Waals surface area contributed by atoms with Crippen LogP contribution in [0.15, 0.2) is 72.8 Å². The summed E-state index contributed by atoms with van der Waals surface area (Å²) < 4.78 is 29.9. The molecule has 1 atom stereocenters. The Morgan fingerprint density at radius 1 is 0.935 bits per heavy atom. The molecule has 7 heteroatoms. The summed E-state index contributed by atoms with van der Waals surface area (Å²) in [5.74, 6) is 0.881. The minimum Gasteiger partial charge on any atom is -0.486 e. The molecule has 158 valence electrons. The van der Waals surface area contributed by atoms with E-state index in [2.05, 4.69) is 5.32 Å². The molecule has 1 amide bonds. The van der Waals surface area contributed by atoms with Crippen LogP contribution in [0.4, 0.5) is 4.39 Å². The predicted molar refractivity (Wildman–Crippen MR) is 111 cm³/mol. The number of amides is 1. The summed E-state index contributed by atoms with van der Waals surface area (Å²) in [7, 11) is 0. The Balaban J connectivity index is 1.23. The van der Waals surface area contributed by atoms with Crippen molar-refractivity contribution in [1.82, 2.24) is 5.32 Å². The van der Waals surface area contributed by atoms with Gasteiger partial charge in [0.1, 0.15) is 24.3 Å². The van der Waals surface area contributed by atoms with Gasteiger partial charge in [-0.2, -0.15) is 0 Å². The SMILES string of the molecule is O=C(COc1ccc(C(=O)c2ccc(F)cc2)cc1)NCC1COc2ccccc2O1. The maximum absolute atomic E-state index is 13.0. The van der Waals surface area contributed by atoms with Crippen molar-refractivity contribution in [2.75, 3.05) is 19.8 Å². The molecule has 6 nitrogen and oxygen atoms in total. The first-order chi connectivity index (χ1) is 15.1. The molecular formula is C24H20FNO5. The van der Waals surface area contributed by atoms with Gasteiger partial charge in [0, 0.05) is 11.1 Å². The number of carbonyl (C=O) groups excluding carboxylic acids is 2. The third-order valence-electron chi connectivity index (χ3n) is 4.69. The summed E-state index contributed by atoms with van der Waals surface area (Å²) in [4.78, 5) is 24.5. The molecule has 0 saturated heterocycles. The van der Waals surface area contributed by atoms with Gasteiger partial charge in [-0.05, 0) is 60.7 Å². The Morgan fingerprint density at radius 3 is 2.29 bits per heavy atom. The van der Waals surface area contributed by atoms with Crippen LogP contribution in [0, 0.1) is 5.82 Å². The quantitative estimate of drug-likeness (QED) is 0.592. The van der Waals surface area contributed by atoms with Crippen LogP contribution < -0.4 is 19.5 Å². The lowest BCUT2D eigenvalue weighted by atomic mass is 10.0. The molecule has 0 spiro atoms. The maximum atomic E-state index is 13.0. The summed E-state index contributed by atoms with van der Waals surface area (Å²) in [5, 5.41) is 2.76. The molecular weight excluding hydrogens is 401 g/mol. The van der Waals surface area contributed by atoms with E-state index in [1.807, 2.05) is 24.3 Å². The Labute approximate surface area is 178 Å². The van der Waals surface area contributed by atoms with E-state index in [1.165, 1.54) is 24.3 Å². The number of rotatable bonds is 7. The first-order valence-corrected chi connectivity index (χ1v) is 9.77. The smallest absolute Gasteiger partial charge is 0.258 e. The summed E-state index contributed by atoms with van der Waals surface area (Å²) in [6.45, 7) is 0.471. The lowest BCUT2D eigenvalue weighted by molar-refractivity contribution is -0.123.